The Labute approximate surface area is 116 Å². The van der Waals surface area contributed by atoms with Crippen LogP contribution in [-0.4, -0.2) is 18.5 Å². The highest BCUT2D eigenvalue weighted by Gasteiger charge is 2.22. The average Bonchev–Trinajstić information content (AvgIpc) is 2.56. The van der Waals surface area contributed by atoms with Gasteiger partial charge in [-0.1, -0.05) is 28.1 Å². The Morgan fingerprint density at radius 2 is 2.06 bits per heavy atom. The summed E-state index contributed by atoms with van der Waals surface area (Å²) < 4.78 is 1.07. The van der Waals surface area contributed by atoms with Crippen molar-refractivity contribution < 1.29 is 4.79 Å². The third-order valence-corrected chi connectivity index (χ3v) is 3.89. The van der Waals surface area contributed by atoms with Gasteiger partial charge in [0.25, 0.3) is 0 Å². The highest BCUT2D eigenvalue weighted by molar-refractivity contribution is 9.10. The molecule has 0 bridgehead atoms. The minimum absolute atomic E-state index is 0.0638. The van der Waals surface area contributed by atoms with Gasteiger partial charge in [-0.2, -0.15) is 0 Å². The average molecular weight is 311 g/mol. The number of benzene rings is 1. The SMILES string of the molecule is C[C@H](NC1CCCCNC1=O)c1ccc(Br)cc1. The van der Waals surface area contributed by atoms with Crippen molar-refractivity contribution in [1.29, 1.82) is 0 Å². The van der Waals surface area contributed by atoms with Crippen LogP contribution in [0.3, 0.4) is 0 Å². The Morgan fingerprint density at radius 3 is 2.78 bits per heavy atom. The fourth-order valence-corrected chi connectivity index (χ4v) is 2.51. The number of amides is 1. The van der Waals surface area contributed by atoms with Crippen molar-refractivity contribution in [2.24, 2.45) is 0 Å². The van der Waals surface area contributed by atoms with Crippen molar-refractivity contribution >= 4 is 21.8 Å². The molecule has 18 heavy (non-hydrogen) atoms. The molecule has 1 aliphatic heterocycles. The maximum Gasteiger partial charge on any atom is 0.237 e. The van der Waals surface area contributed by atoms with E-state index in [1.165, 1.54) is 5.56 Å². The highest BCUT2D eigenvalue weighted by atomic mass is 79.9. The number of rotatable bonds is 3. The first-order valence-electron chi connectivity index (χ1n) is 6.46. The predicted molar refractivity (Wildman–Crippen MR) is 76.3 cm³/mol. The molecule has 0 aromatic heterocycles. The van der Waals surface area contributed by atoms with Gasteiger partial charge < -0.3 is 5.32 Å². The molecule has 1 aliphatic rings. The maximum absolute atomic E-state index is 11.9. The van der Waals surface area contributed by atoms with Gasteiger partial charge in [-0.15, -0.1) is 0 Å². The number of carbonyl (C=O) groups excluding carboxylic acids is 1. The Bertz CT molecular complexity index is 405. The van der Waals surface area contributed by atoms with Gasteiger partial charge in [0.1, 0.15) is 0 Å². The van der Waals surface area contributed by atoms with E-state index in [2.05, 4.69) is 45.6 Å². The number of hydrogen-bond acceptors (Lipinski definition) is 2. The maximum atomic E-state index is 11.9. The van der Waals surface area contributed by atoms with Crippen LogP contribution in [0.2, 0.25) is 0 Å². The normalized spacial score (nSPS) is 22.1. The zero-order valence-corrected chi connectivity index (χ0v) is 12.2. The lowest BCUT2D eigenvalue weighted by Crippen LogP contribution is -2.43. The van der Waals surface area contributed by atoms with Crippen molar-refractivity contribution in [3.8, 4) is 0 Å². The molecule has 3 nitrogen and oxygen atoms in total. The summed E-state index contributed by atoms with van der Waals surface area (Å²) in [5.74, 6) is 0.136. The molecule has 1 unspecified atom stereocenters. The van der Waals surface area contributed by atoms with Gasteiger partial charge >= 0.3 is 0 Å². The molecule has 2 rings (SSSR count). The molecule has 1 amide bonds. The monoisotopic (exact) mass is 310 g/mol. The first-order valence-corrected chi connectivity index (χ1v) is 7.25. The summed E-state index contributed by atoms with van der Waals surface area (Å²) in [4.78, 5) is 11.9. The summed E-state index contributed by atoms with van der Waals surface area (Å²) in [5.41, 5.74) is 1.20. The minimum Gasteiger partial charge on any atom is -0.355 e. The molecule has 0 radical (unpaired) electrons. The van der Waals surface area contributed by atoms with Crippen LogP contribution in [0.4, 0.5) is 0 Å². The third kappa shape index (κ3) is 3.56. The molecule has 98 valence electrons. The molecule has 1 aromatic rings. The molecule has 2 N–H and O–H groups in total. The van der Waals surface area contributed by atoms with Crippen LogP contribution in [0.25, 0.3) is 0 Å². The first-order chi connectivity index (χ1) is 8.66. The Morgan fingerprint density at radius 1 is 1.33 bits per heavy atom. The fraction of sp³-hybridized carbons (Fsp3) is 0.500. The molecule has 0 spiro atoms. The van der Waals surface area contributed by atoms with Crippen molar-refractivity contribution in [2.75, 3.05) is 6.54 Å². The van der Waals surface area contributed by atoms with Crippen molar-refractivity contribution in [1.82, 2.24) is 10.6 Å². The summed E-state index contributed by atoms with van der Waals surface area (Å²) in [6, 6.07) is 8.34. The molecular formula is C14H19BrN2O. The topological polar surface area (TPSA) is 41.1 Å². The number of halogens is 1. The van der Waals surface area contributed by atoms with Crippen LogP contribution in [0.1, 0.15) is 37.8 Å². The van der Waals surface area contributed by atoms with E-state index in [0.29, 0.717) is 0 Å². The highest BCUT2D eigenvalue weighted by Crippen LogP contribution is 2.18. The van der Waals surface area contributed by atoms with Crippen molar-refractivity contribution in [2.45, 2.75) is 38.3 Å². The van der Waals surface area contributed by atoms with Gasteiger partial charge in [0, 0.05) is 17.1 Å². The quantitative estimate of drug-likeness (QED) is 0.901. The second-order valence-corrected chi connectivity index (χ2v) is 5.69. The van der Waals surface area contributed by atoms with Crippen LogP contribution >= 0.6 is 15.9 Å². The van der Waals surface area contributed by atoms with E-state index in [-0.39, 0.29) is 18.0 Å². The summed E-state index contributed by atoms with van der Waals surface area (Å²) in [7, 11) is 0. The van der Waals surface area contributed by atoms with Crippen LogP contribution < -0.4 is 10.6 Å². The van der Waals surface area contributed by atoms with Crippen molar-refractivity contribution in [3.05, 3.63) is 34.3 Å². The predicted octanol–water partition coefficient (Wildman–Crippen LogP) is 2.77. The van der Waals surface area contributed by atoms with Crippen LogP contribution in [0.15, 0.2) is 28.7 Å². The molecule has 0 aliphatic carbocycles. The molecule has 1 fully saturated rings. The molecule has 2 atom stereocenters. The van der Waals surface area contributed by atoms with E-state index in [9.17, 15) is 4.79 Å². The van der Waals surface area contributed by atoms with Gasteiger partial charge in [0.15, 0.2) is 0 Å². The zero-order chi connectivity index (χ0) is 13.0. The van der Waals surface area contributed by atoms with Gasteiger partial charge in [-0.25, -0.2) is 0 Å². The largest absolute Gasteiger partial charge is 0.355 e. The second kappa shape index (κ2) is 6.34. The second-order valence-electron chi connectivity index (χ2n) is 4.78. The van der Waals surface area contributed by atoms with Gasteiger partial charge in [0.05, 0.1) is 6.04 Å². The van der Waals surface area contributed by atoms with Crippen LogP contribution in [0.5, 0.6) is 0 Å². The van der Waals surface area contributed by atoms with E-state index in [0.717, 1.165) is 30.3 Å². The lowest BCUT2D eigenvalue weighted by atomic mass is 10.1. The van der Waals surface area contributed by atoms with E-state index in [1.54, 1.807) is 0 Å². The summed E-state index contributed by atoms with van der Waals surface area (Å²) >= 11 is 3.43. The van der Waals surface area contributed by atoms with E-state index in [4.69, 9.17) is 0 Å². The molecule has 1 saturated heterocycles. The Hall–Kier alpha value is -0.870. The van der Waals surface area contributed by atoms with Gasteiger partial charge in [-0.3, -0.25) is 10.1 Å². The zero-order valence-electron chi connectivity index (χ0n) is 10.6. The third-order valence-electron chi connectivity index (χ3n) is 3.36. The minimum atomic E-state index is -0.0638. The molecule has 1 heterocycles. The number of nitrogens with one attached hydrogen (secondary N) is 2. The lowest BCUT2D eigenvalue weighted by molar-refractivity contribution is -0.123. The Kier molecular flexibility index (Phi) is 4.78. The molecule has 0 saturated carbocycles. The first kappa shape index (κ1) is 13.6. The van der Waals surface area contributed by atoms with Crippen LogP contribution in [0, 0.1) is 0 Å². The number of carbonyl (C=O) groups is 1. The molecule has 1 aromatic carbocycles. The van der Waals surface area contributed by atoms with E-state index in [1.807, 2.05) is 12.1 Å². The summed E-state index contributed by atoms with van der Waals surface area (Å²) in [6.07, 6.45) is 3.10. The smallest absolute Gasteiger partial charge is 0.237 e. The molecule has 4 heteroatoms. The van der Waals surface area contributed by atoms with Gasteiger partial charge in [-0.05, 0) is 43.9 Å². The summed E-state index contributed by atoms with van der Waals surface area (Å²) in [6.45, 7) is 2.91. The fourth-order valence-electron chi connectivity index (χ4n) is 2.25. The molecular weight excluding hydrogens is 292 g/mol. The summed E-state index contributed by atoms with van der Waals surface area (Å²) in [5, 5.41) is 6.37. The lowest BCUT2D eigenvalue weighted by Gasteiger charge is -2.21. The van der Waals surface area contributed by atoms with Crippen molar-refractivity contribution in [3.63, 3.8) is 0 Å². The van der Waals surface area contributed by atoms with E-state index >= 15 is 0 Å². The van der Waals surface area contributed by atoms with E-state index < -0.39 is 0 Å². The Balaban J connectivity index is 1.99. The standard InChI is InChI=1S/C14H19BrN2O/c1-10(11-5-7-12(15)8-6-11)17-13-4-2-3-9-16-14(13)18/h5-8,10,13,17H,2-4,9H2,1H3,(H,16,18)/t10-,13?/m0/s1. The van der Waals surface area contributed by atoms with Gasteiger partial charge in [0.2, 0.25) is 5.91 Å². The number of hydrogen-bond donors (Lipinski definition) is 2. The van der Waals surface area contributed by atoms with Crippen LogP contribution in [-0.2, 0) is 4.79 Å².